The summed E-state index contributed by atoms with van der Waals surface area (Å²) in [5.74, 6) is -0.773. The van der Waals surface area contributed by atoms with Crippen LogP contribution in [0.4, 0.5) is 13.2 Å². The number of benzene rings is 2. The highest BCUT2D eigenvalue weighted by Crippen LogP contribution is 2.49. The number of nitrogens with zero attached hydrogens (tertiary/aromatic N) is 1. The zero-order valence-electron chi connectivity index (χ0n) is 25.2. The van der Waals surface area contributed by atoms with Gasteiger partial charge in [0.05, 0.1) is 25.3 Å². The van der Waals surface area contributed by atoms with Crippen LogP contribution in [0.2, 0.25) is 0 Å². The molecule has 1 aliphatic heterocycles. The number of ether oxygens (including phenoxy) is 2. The van der Waals surface area contributed by atoms with Crippen LogP contribution in [0, 0.1) is 17.3 Å². The molecule has 1 N–H and O–H groups in total. The van der Waals surface area contributed by atoms with Crippen molar-refractivity contribution in [1.29, 1.82) is 0 Å². The minimum absolute atomic E-state index is 0.0503. The molecule has 1 aliphatic carbocycles. The predicted molar refractivity (Wildman–Crippen MR) is 155 cm³/mol. The van der Waals surface area contributed by atoms with Crippen molar-refractivity contribution in [3.8, 4) is 5.75 Å². The molecule has 2 aromatic carbocycles. The number of hydrogen-bond acceptors (Lipinski definition) is 5. The number of methoxy groups -OCH3 is 1. The first-order valence-electron chi connectivity index (χ1n) is 14.9. The van der Waals surface area contributed by atoms with Gasteiger partial charge in [0.2, 0.25) is 5.91 Å². The summed E-state index contributed by atoms with van der Waals surface area (Å²) in [6.45, 7) is 8.05. The van der Waals surface area contributed by atoms with Crippen LogP contribution in [0.1, 0.15) is 82.5 Å². The predicted octanol–water partition coefficient (Wildman–Crippen LogP) is 6.93. The van der Waals surface area contributed by atoms with Crippen molar-refractivity contribution in [2.45, 2.75) is 90.6 Å². The van der Waals surface area contributed by atoms with Crippen LogP contribution in [-0.4, -0.2) is 42.6 Å². The van der Waals surface area contributed by atoms with Crippen molar-refractivity contribution < 1.29 is 32.2 Å². The number of halogens is 3. The lowest BCUT2D eigenvalue weighted by Gasteiger charge is -2.36. The number of likely N-dealkylation sites (tertiary alicyclic amines) is 1. The van der Waals surface area contributed by atoms with Crippen LogP contribution in [0.3, 0.4) is 0 Å². The van der Waals surface area contributed by atoms with Crippen LogP contribution in [0.5, 0.6) is 5.75 Å². The Bertz CT molecular complexity index is 1220. The largest absolute Gasteiger partial charge is 0.496 e. The fraction of sp³-hybridized carbons (Fsp3) is 0.576. The highest BCUT2D eigenvalue weighted by Gasteiger charge is 2.58. The van der Waals surface area contributed by atoms with Gasteiger partial charge in [-0.1, -0.05) is 70.4 Å². The third-order valence-corrected chi connectivity index (χ3v) is 8.68. The van der Waals surface area contributed by atoms with Crippen molar-refractivity contribution >= 4 is 11.9 Å². The van der Waals surface area contributed by atoms with Crippen LogP contribution in [-0.2, 0) is 27.0 Å². The summed E-state index contributed by atoms with van der Waals surface area (Å²) in [7, 11) is 1.42. The summed E-state index contributed by atoms with van der Waals surface area (Å²) in [6, 6.07) is 11.1. The van der Waals surface area contributed by atoms with Crippen LogP contribution in [0.15, 0.2) is 48.5 Å². The summed E-state index contributed by atoms with van der Waals surface area (Å²) < 4.78 is 51.9. The van der Waals surface area contributed by atoms with Gasteiger partial charge in [-0.25, -0.2) is 4.79 Å². The van der Waals surface area contributed by atoms with Crippen molar-refractivity contribution in [2.24, 2.45) is 17.3 Å². The second kappa shape index (κ2) is 13.1. The molecule has 6 nitrogen and oxygen atoms in total. The highest BCUT2D eigenvalue weighted by molar-refractivity contribution is 5.88. The molecule has 2 aromatic rings. The molecule has 42 heavy (non-hydrogen) atoms. The van der Waals surface area contributed by atoms with Gasteiger partial charge in [0.25, 0.3) is 0 Å². The van der Waals surface area contributed by atoms with E-state index >= 15 is 0 Å². The Morgan fingerprint density at radius 3 is 2.24 bits per heavy atom. The van der Waals surface area contributed by atoms with E-state index < -0.39 is 47.2 Å². The zero-order valence-corrected chi connectivity index (χ0v) is 25.2. The lowest BCUT2D eigenvalue weighted by molar-refractivity contribution is -0.158. The number of nitrogens with one attached hydrogen (secondary N) is 1. The van der Waals surface area contributed by atoms with Gasteiger partial charge in [0.15, 0.2) is 0 Å². The molecule has 0 aromatic heterocycles. The number of esters is 1. The zero-order chi connectivity index (χ0) is 30.7. The Morgan fingerprint density at radius 1 is 1.00 bits per heavy atom. The SMILES string of the molecule is CCOC(=O)[C@@H]1[C@@H](C(C)(C)C)[C@H](NCc2cc(C(F)(F)F)ccc2OC)[C@H](c2ccccc2)N1C(=O)C1CCCCC1. The summed E-state index contributed by atoms with van der Waals surface area (Å²) in [6.07, 6.45) is 0.0419. The molecule has 2 aliphatic rings. The van der Waals surface area contributed by atoms with Crippen molar-refractivity contribution in [2.75, 3.05) is 13.7 Å². The number of carbonyl (C=O) groups is 2. The van der Waals surface area contributed by atoms with E-state index in [9.17, 15) is 22.8 Å². The van der Waals surface area contributed by atoms with Gasteiger partial charge >= 0.3 is 12.1 Å². The van der Waals surface area contributed by atoms with E-state index in [1.165, 1.54) is 13.2 Å². The molecule has 2 fully saturated rings. The third-order valence-electron chi connectivity index (χ3n) is 8.68. The van der Waals surface area contributed by atoms with E-state index in [4.69, 9.17) is 9.47 Å². The van der Waals surface area contributed by atoms with E-state index in [1.54, 1.807) is 11.8 Å². The van der Waals surface area contributed by atoms with Gasteiger partial charge in [-0.15, -0.1) is 0 Å². The minimum Gasteiger partial charge on any atom is -0.496 e. The second-order valence-corrected chi connectivity index (χ2v) is 12.5. The number of hydrogen-bond donors (Lipinski definition) is 1. The molecule has 9 heteroatoms. The monoisotopic (exact) mass is 588 g/mol. The first-order chi connectivity index (χ1) is 19.9. The molecule has 0 spiro atoms. The Hall–Kier alpha value is -3.07. The molecule has 1 saturated heterocycles. The summed E-state index contributed by atoms with van der Waals surface area (Å²) in [5.41, 5.74) is -0.0356. The van der Waals surface area contributed by atoms with Crippen LogP contribution >= 0.6 is 0 Å². The lowest BCUT2D eigenvalue weighted by Crippen LogP contribution is -2.50. The Labute approximate surface area is 246 Å². The minimum atomic E-state index is -4.51. The van der Waals surface area contributed by atoms with Gasteiger partial charge in [0, 0.05) is 30.0 Å². The third kappa shape index (κ3) is 6.77. The van der Waals surface area contributed by atoms with E-state index in [0.29, 0.717) is 11.3 Å². The van der Waals surface area contributed by atoms with Gasteiger partial charge in [-0.05, 0) is 48.9 Å². The molecule has 230 valence electrons. The van der Waals surface area contributed by atoms with E-state index in [0.717, 1.165) is 49.8 Å². The molecular weight excluding hydrogens is 545 g/mol. The van der Waals surface area contributed by atoms with Gasteiger partial charge in [0.1, 0.15) is 11.8 Å². The normalized spacial score (nSPS) is 23.6. The van der Waals surface area contributed by atoms with Gasteiger partial charge in [-0.2, -0.15) is 13.2 Å². The Kier molecular flexibility index (Phi) is 9.91. The topological polar surface area (TPSA) is 67.9 Å². The van der Waals surface area contributed by atoms with E-state index in [1.807, 2.05) is 51.1 Å². The molecule has 4 atom stereocenters. The maximum absolute atomic E-state index is 14.4. The Morgan fingerprint density at radius 2 is 1.67 bits per heavy atom. The molecule has 1 heterocycles. The molecule has 0 bridgehead atoms. The molecule has 0 unspecified atom stereocenters. The number of amides is 1. The van der Waals surface area contributed by atoms with Crippen molar-refractivity contribution in [1.82, 2.24) is 10.2 Å². The molecule has 1 amide bonds. The standard InChI is InChI=1S/C33H43F3N2O4/c1-6-42-31(40)29-26(32(2,3)4)27(37-20-23-19-24(33(34,35)36)17-18-25(23)41-5)28(21-13-9-7-10-14-21)38(29)30(39)22-15-11-8-12-16-22/h7,9-10,13-14,17-19,22,26-29,37H,6,8,11-12,15-16,20H2,1-5H3/t26-,27-,28-,29-/m0/s1. The quantitative estimate of drug-likeness (QED) is 0.339. The van der Waals surface area contributed by atoms with Crippen LogP contribution < -0.4 is 10.1 Å². The summed E-state index contributed by atoms with van der Waals surface area (Å²) >= 11 is 0. The van der Waals surface area contributed by atoms with Crippen LogP contribution in [0.25, 0.3) is 0 Å². The number of carbonyl (C=O) groups excluding carboxylic acids is 2. The molecular formula is C33H43F3N2O4. The van der Waals surface area contributed by atoms with E-state index in [-0.39, 0.29) is 25.0 Å². The maximum atomic E-state index is 14.4. The fourth-order valence-corrected chi connectivity index (χ4v) is 6.82. The first-order valence-corrected chi connectivity index (χ1v) is 14.9. The average Bonchev–Trinajstić information content (AvgIpc) is 3.32. The first kappa shape index (κ1) is 31.9. The summed E-state index contributed by atoms with van der Waals surface area (Å²) in [5, 5.41) is 3.52. The number of alkyl halides is 3. The summed E-state index contributed by atoms with van der Waals surface area (Å²) in [4.78, 5) is 29.9. The van der Waals surface area contributed by atoms with E-state index in [2.05, 4.69) is 5.32 Å². The van der Waals surface area contributed by atoms with Crippen molar-refractivity contribution in [3.63, 3.8) is 0 Å². The molecule has 0 radical (unpaired) electrons. The number of rotatable bonds is 8. The second-order valence-electron chi connectivity index (χ2n) is 12.5. The smallest absolute Gasteiger partial charge is 0.416 e. The van der Waals surface area contributed by atoms with Gasteiger partial charge < -0.3 is 19.7 Å². The fourth-order valence-electron chi connectivity index (χ4n) is 6.82. The van der Waals surface area contributed by atoms with Crippen molar-refractivity contribution in [3.05, 3.63) is 65.2 Å². The van der Waals surface area contributed by atoms with Gasteiger partial charge in [-0.3, -0.25) is 4.79 Å². The lowest BCUT2D eigenvalue weighted by atomic mass is 9.72. The highest BCUT2D eigenvalue weighted by atomic mass is 19.4. The average molecular weight is 589 g/mol. The maximum Gasteiger partial charge on any atom is 0.416 e. The molecule has 4 rings (SSSR count). The Balaban J connectivity index is 1.84. The molecule has 1 saturated carbocycles.